The third-order valence-corrected chi connectivity index (χ3v) is 2.14. The molecule has 0 aliphatic carbocycles. The summed E-state index contributed by atoms with van der Waals surface area (Å²) in [5.74, 6) is 0.319. The van der Waals surface area contributed by atoms with Crippen LogP contribution in [-0.4, -0.2) is 21.9 Å². The minimum absolute atomic E-state index is 0.319. The Labute approximate surface area is 62.4 Å². The molecule has 1 aliphatic rings. The molecule has 8 heavy (non-hydrogen) atoms. The van der Waals surface area contributed by atoms with Gasteiger partial charge in [-0.05, 0) is 6.42 Å². The molecule has 1 heterocycles. The molecule has 0 unspecified atom stereocenters. The molecule has 3 heteroatoms. The van der Waals surface area contributed by atoms with Crippen LogP contribution in [0.3, 0.4) is 0 Å². The summed E-state index contributed by atoms with van der Waals surface area (Å²) in [5, 5.41) is 0. The fraction of sp³-hybridized carbons (Fsp3) is 0.800. The monoisotopic (exact) mass is 225 g/mol. The highest BCUT2D eigenvalue weighted by Crippen LogP contribution is 2.09. The van der Waals surface area contributed by atoms with E-state index >= 15 is 0 Å². The summed E-state index contributed by atoms with van der Waals surface area (Å²) in [6, 6.07) is 0. The number of carbonyl (C=O) groups is 1. The second-order valence-electron chi connectivity index (χ2n) is 1.88. The zero-order valence-corrected chi connectivity index (χ0v) is 6.72. The summed E-state index contributed by atoms with van der Waals surface area (Å²) >= 11 is 2.21. The van der Waals surface area contributed by atoms with Crippen molar-refractivity contribution in [1.82, 2.24) is 4.90 Å². The maximum atomic E-state index is 10.7. The van der Waals surface area contributed by atoms with Gasteiger partial charge in [-0.15, -0.1) is 0 Å². The quantitative estimate of drug-likeness (QED) is 0.370. The van der Waals surface area contributed by atoms with Crippen LogP contribution in [0.4, 0.5) is 0 Å². The highest BCUT2D eigenvalue weighted by Gasteiger charge is 2.17. The van der Waals surface area contributed by atoms with E-state index in [0.717, 1.165) is 23.9 Å². The Balaban J connectivity index is 2.42. The summed E-state index contributed by atoms with van der Waals surface area (Å²) in [5.41, 5.74) is 0. The zero-order chi connectivity index (χ0) is 5.98. The highest BCUT2D eigenvalue weighted by atomic mass is 127. The maximum absolute atomic E-state index is 10.7. The lowest BCUT2D eigenvalue weighted by atomic mass is 10.4. The van der Waals surface area contributed by atoms with Crippen LogP contribution in [0.15, 0.2) is 0 Å². The molecule has 0 radical (unpaired) electrons. The molecule has 1 fully saturated rings. The molecule has 1 rings (SSSR count). The summed E-state index contributed by atoms with van der Waals surface area (Å²) in [6.07, 6.45) is 1.82. The Hall–Kier alpha value is 0.200. The molecule has 0 aromatic rings. The van der Waals surface area contributed by atoms with E-state index in [2.05, 4.69) is 22.6 Å². The standard InChI is InChI=1S/C5H8INO/c6-4-7-3-1-2-5(7)8/h1-4H2. The molecule has 0 saturated carbocycles. The van der Waals surface area contributed by atoms with Gasteiger partial charge in [-0.3, -0.25) is 4.79 Å². The number of nitrogens with zero attached hydrogens (tertiary/aromatic N) is 1. The lowest BCUT2D eigenvalue weighted by molar-refractivity contribution is -0.126. The van der Waals surface area contributed by atoms with E-state index < -0.39 is 0 Å². The van der Waals surface area contributed by atoms with Gasteiger partial charge in [0.1, 0.15) is 0 Å². The first-order chi connectivity index (χ1) is 3.84. The van der Waals surface area contributed by atoms with Gasteiger partial charge in [0, 0.05) is 13.0 Å². The first-order valence-electron chi connectivity index (χ1n) is 2.68. The van der Waals surface area contributed by atoms with Gasteiger partial charge < -0.3 is 4.90 Å². The molecule has 0 N–H and O–H groups in total. The minimum Gasteiger partial charge on any atom is -0.334 e. The number of amides is 1. The summed E-state index contributed by atoms with van der Waals surface area (Å²) in [4.78, 5) is 12.6. The summed E-state index contributed by atoms with van der Waals surface area (Å²) < 4.78 is 0.858. The fourth-order valence-corrected chi connectivity index (χ4v) is 1.55. The Kier molecular flexibility index (Phi) is 2.10. The largest absolute Gasteiger partial charge is 0.334 e. The molecular weight excluding hydrogens is 217 g/mol. The van der Waals surface area contributed by atoms with Crippen LogP contribution >= 0.6 is 22.6 Å². The Morgan fingerprint density at radius 3 is 2.75 bits per heavy atom. The van der Waals surface area contributed by atoms with Crippen molar-refractivity contribution in [2.75, 3.05) is 11.1 Å². The number of carbonyl (C=O) groups excluding carboxylic acids is 1. The molecule has 0 atom stereocenters. The van der Waals surface area contributed by atoms with E-state index in [-0.39, 0.29) is 0 Å². The first kappa shape index (κ1) is 6.32. The number of hydrogen-bond donors (Lipinski definition) is 0. The molecule has 2 nitrogen and oxygen atoms in total. The number of rotatable bonds is 1. The smallest absolute Gasteiger partial charge is 0.223 e. The van der Waals surface area contributed by atoms with Gasteiger partial charge in [-0.25, -0.2) is 0 Å². The third-order valence-electron chi connectivity index (χ3n) is 1.32. The van der Waals surface area contributed by atoms with Crippen molar-refractivity contribution >= 4 is 28.5 Å². The van der Waals surface area contributed by atoms with E-state index in [1.807, 2.05) is 4.90 Å². The number of hydrogen-bond acceptors (Lipinski definition) is 1. The topological polar surface area (TPSA) is 20.3 Å². The molecule has 0 bridgehead atoms. The number of halogens is 1. The van der Waals surface area contributed by atoms with Crippen LogP contribution < -0.4 is 0 Å². The molecular formula is C5H8INO. The van der Waals surface area contributed by atoms with Crippen LogP contribution in [0.2, 0.25) is 0 Å². The first-order valence-corrected chi connectivity index (χ1v) is 4.21. The molecule has 1 saturated heterocycles. The molecule has 0 aromatic carbocycles. The average molecular weight is 225 g/mol. The summed E-state index contributed by atoms with van der Waals surface area (Å²) in [6.45, 7) is 0.974. The van der Waals surface area contributed by atoms with Gasteiger partial charge in [0.25, 0.3) is 0 Å². The third kappa shape index (κ3) is 1.13. The van der Waals surface area contributed by atoms with Crippen molar-refractivity contribution in [3.05, 3.63) is 0 Å². The van der Waals surface area contributed by atoms with Gasteiger partial charge in [-0.1, -0.05) is 22.6 Å². The van der Waals surface area contributed by atoms with Crippen LogP contribution in [0.5, 0.6) is 0 Å². The van der Waals surface area contributed by atoms with Crippen molar-refractivity contribution in [3.63, 3.8) is 0 Å². The second kappa shape index (κ2) is 2.66. The lowest BCUT2D eigenvalue weighted by Gasteiger charge is -2.08. The van der Waals surface area contributed by atoms with Gasteiger partial charge in [-0.2, -0.15) is 0 Å². The molecule has 46 valence electrons. The molecule has 1 amide bonds. The van der Waals surface area contributed by atoms with Gasteiger partial charge >= 0.3 is 0 Å². The zero-order valence-electron chi connectivity index (χ0n) is 4.56. The van der Waals surface area contributed by atoms with Crippen molar-refractivity contribution in [2.45, 2.75) is 12.8 Å². The highest BCUT2D eigenvalue weighted by molar-refractivity contribution is 14.1. The fourth-order valence-electron chi connectivity index (χ4n) is 0.830. The van der Waals surface area contributed by atoms with Gasteiger partial charge in [0.2, 0.25) is 5.91 Å². The van der Waals surface area contributed by atoms with Crippen molar-refractivity contribution in [2.24, 2.45) is 0 Å². The second-order valence-corrected chi connectivity index (χ2v) is 2.56. The van der Waals surface area contributed by atoms with Crippen LogP contribution in [0, 0.1) is 0 Å². The number of likely N-dealkylation sites (tertiary alicyclic amines) is 1. The van der Waals surface area contributed by atoms with Gasteiger partial charge in [0.05, 0.1) is 4.55 Å². The van der Waals surface area contributed by atoms with Crippen LogP contribution in [0.1, 0.15) is 12.8 Å². The van der Waals surface area contributed by atoms with Crippen molar-refractivity contribution in [3.8, 4) is 0 Å². The van der Waals surface area contributed by atoms with Crippen molar-refractivity contribution < 1.29 is 4.79 Å². The average Bonchev–Trinajstić information content (AvgIpc) is 2.14. The minimum atomic E-state index is 0.319. The van der Waals surface area contributed by atoms with E-state index in [0.29, 0.717) is 5.91 Å². The van der Waals surface area contributed by atoms with E-state index in [1.165, 1.54) is 0 Å². The summed E-state index contributed by atoms with van der Waals surface area (Å²) in [7, 11) is 0. The van der Waals surface area contributed by atoms with E-state index in [1.54, 1.807) is 0 Å². The predicted molar refractivity (Wildman–Crippen MR) is 39.8 cm³/mol. The van der Waals surface area contributed by atoms with Crippen LogP contribution in [-0.2, 0) is 4.79 Å². The normalized spacial score (nSPS) is 20.1. The Bertz CT molecular complexity index is 105. The Morgan fingerprint density at radius 1 is 1.75 bits per heavy atom. The lowest BCUT2D eigenvalue weighted by Crippen LogP contribution is -2.21. The predicted octanol–water partition coefficient (Wildman–Crippen LogP) is 1.00. The molecule has 0 spiro atoms. The SMILES string of the molecule is O=C1CCCN1CI. The van der Waals surface area contributed by atoms with E-state index in [4.69, 9.17) is 0 Å². The number of alkyl halides is 1. The van der Waals surface area contributed by atoms with E-state index in [9.17, 15) is 4.79 Å². The van der Waals surface area contributed by atoms with Gasteiger partial charge in [0.15, 0.2) is 0 Å². The molecule has 0 aromatic heterocycles. The maximum Gasteiger partial charge on any atom is 0.223 e. The molecule has 1 aliphatic heterocycles. The van der Waals surface area contributed by atoms with Crippen molar-refractivity contribution in [1.29, 1.82) is 0 Å². The van der Waals surface area contributed by atoms with Crippen LogP contribution in [0.25, 0.3) is 0 Å². The Morgan fingerprint density at radius 2 is 2.50 bits per heavy atom.